The number of aliphatic hydroxyl groups is 1. The lowest BCUT2D eigenvalue weighted by Gasteiger charge is -2.19. The summed E-state index contributed by atoms with van der Waals surface area (Å²) in [5.41, 5.74) is 3.15. The minimum atomic E-state index is -1.17. The average Bonchev–Trinajstić information content (AvgIpc) is 3.07. The first-order valence-electron chi connectivity index (χ1n) is 14.7. The van der Waals surface area contributed by atoms with Crippen molar-refractivity contribution < 1.29 is 34.4 Å². The summed E-state index contributed by atoms with van der Waals surface area (Å²) in [6, 6.07) is 26.5. The number of rotatable bonds is 13. The summed E-state index contributed by atoms with van der Waals surface area (Å²) < 4.78 is 11.2. The Labute approximate surface area is 269 Å². The van der Waals surface area contributed by atoms with Crippen LogP contribution < -0.4 is 31.0 Å². The molecule has 0 aliphatic carbocycles. The lowest BCUT2D eigenvalue weighted by Crippen LogP contribution is -2.27. The maximum Gasteiger partial charge on any atom is 0.405 e. The molecule has 5 aromatic rings. The van der Waals surface area contributed by atoms with Gasteiger partial charge in [0.05, 0.1) is 24.8 Å². The largest absolute Gasteiger partial charge is 0.506 e. The van der Waals surface area contributed by atoms with Crippen LogP contribution in [-0.4, -0.2) is 52.6 Å². The van der Waals surface area contributed by atoms with Crippen LogP contribution in [0.1, 0.15) is 34.4 Å². The number of carbonyl (C=O) groups excluding carboxylic acids is 1. The molecule has 47 heavy (non-hydrogen) atoms. The highest BCUT2D eigenvalue weighted by molar-refractivity contribution is 5.92. The summed E-state index contributed by atoms with van der Waals surface area (Å²) in [4.78, 5) is 38.5. The summed E-state index contributed by atoms with van der Waals surface area (Å²) in [7, 11) is 1.51. The van der Waals surface area contributed by atoms with Crippen molar-refractivity contribution in [1.82, 2.24) is 15.6 Å². The molecule has 1 heterocycles. The molecule has 12 heteroatoms. The number of aromatic nitrogens is 1. The number of carboxylic acid groups (broad SMARTS) is 1. The van der Waals surface area contributed by atoms with Crippen LogP contribution in [0.15, 0.2) is 102 Å². The van der Waals surface area contributed by atoms with Crippen LogP contribution in [0.2, 0.25) is 0 Å². The maximum atomic E-state index is 12.7. The monoisotopic (exact) mass is 638 g/mol. The zero-order valence-electron chi connectivity index (χ0n) is 25.4. The maximum absolute atomic E-state index is 12.7. The summed E-state index contributed by atoms with van der Waals surface area (Å²) in [5.74, 6) is 0.434. The standard InChI is InChI=1S/C35H34N4O8/c1-46-30-17-24(11-10-23(30)18-36-19-29(41)26-12-14-28(40)34-27(26)13-15-31(42)38-34)37-32(43)20-47-25-9-5-8-22(16-25)33(39-35(44)45)21-6-3-2-4-7-21/h2-17,29,33,36,39-41H,18-20H2,1H3,(H,37,43)(H,38,42)(H,44,45)/t29-,33?/m1/s1. The highest BCUT2D eigenvalue weighted by Crippen LogP contribution is 2.29. The Bertz CT molecular complexity index is 1930. The molecule has 0 bridgehead atoms. The van der Waals surface area contributed by atoms with Crippen molar-refractivity contribution in [2.75, 3.05) is 25.6 Å². The van der Waals surface area contributed by atoms with E-state index >= 15 is 0 Å². The lowest BCUT2D eigenvalue weighted by molar-refractivity contribution is -0.118. The summed E-state index contributed by atoms with van der Waals surface area (Å²) in [6.45, 7) is 0.244. The number of aliphatic hydroxyl groups excluding tert-OH is 1. The number of H-pyrrole nitrogens is 1. The first kappa shape index (κ1) is 32.5. The van der Waals surface area contributed by atoms with Gasteiger partial charge in [-0.05, 0) is 47.0 Å². The van der Waals surface area contributed by atoms with Crippen molar-refractivity contribution >= 4 is 28.6 Å². The fraction of sp³-hybridized carbons (Fsp3) is 0.171. The third-order valence-corrected chi connectivity index (χ3v) is 7.45. The molecule has 242 valence electrons. The van der Waals surface area contributed by atoms with E-state index in [0.29, 0.717) is 40.2 Å². The molecule has 0 radical (unpaired) electrons. The van der Waals surface area contributed by atoms with Gasteiger partial charge in [0.15, 0.2) is 6.61 Å². The van der Waals surface area contributed by atoms with Crippen molar-refractivity contribution in [3.05, 3.63) is 130 Å². The number of carbonyl (C=O) groups is 2. The number of hydrogen-bond acceptors (Lipinski definition) is 8. The number of anilines is 1. The van der Waals surface area contributed by atoms with Crippen molar-refractivity contribution in [2.24, 2.45) is 0 Å². The van der Waals surface area contributed by atoms with E-state index in [-0.39, 0.29) is 30.0 Å². The van der Waals surface area contributed by atoms with Gasteiger partial charge in [0.1, 0.15) is 17.2 Å². The van der Waals surface area contributed by atoms with E-state index in [2.05, 4.69) is 20.9 Å². The second kappa shape index (κ2) is 15.0. The van der Waals surface area contributed by atoms with E-state index in [4.69, 9.17) is 9.47 Å². The van der Waals surface area contributed by atoms with Gasteiger partial charge in [-0.3, -0.25) is 9.59 Å². The Morgan fingerprint density at radius 3 is 2.47 bits per heavy atom. The number of nitrogens with one attached hydrogen (secondary N) is 4. The van der Waals surface area contributed by atoms with Crippen molar-refractivity contribution in [1.29, 1.82) is 0 Å². The average molecular weight is 639 g/mol. The normalized spacial score (nSPS) is 12.2. The van der Waals surface area contributed by atoms with E-state index < -0.39 is 24.1 Å². The van der Waals surface area contributed by atoms with Crippen LogP contribution in [-0.2, 0) is 11.3 Å². The number of benzene rings is 4. The zero-order chi connectivity index (χ0) is 33.3. The molecule has 2 amide bonds. The minimum Gasteiger partial charge on any atom is -0.506 e. The number of aromatic hydroxyl groups is 1. The van der Waals surface area contributed by atoms with E-state index in [0.717, 1.165) is 11.1 Å². The number of aromatic amines is 1. The number of pyridine rings is 1. The molecule has 0 saturated carbocycles. The molecule has 4 aromatic carbocycles. The molecule has 12 nitrogen and oxygen atoms in total. The van der Waals surface area contributed by atoms with Gasteiger partial charge in [0, 0.05) is 41.9 Å². The predicted molar refractivity (Wildman–Crippen MR) is 176 cm³/mol. The molecule has 0 saturated heterocycles. The molecular formula is C35H34N4O8. The topological polar surface area (TPSA) is 182 Å². The molecule has 0 aliphatic rings. The Morgan fingerprint density at radius 2 is 1.70 bits per heavy atom. The highest BCUT2D eigenvalue weighted by atomic mass is 16.5. The predicted octanol–water partition coefficient (Wildman–Crippen LogP) is 4.44. The van der Waals surface area contributed by atoms with Gasteiger partial charge in [-0.2, -0.15) is 0 Å². The number of fused-ring (bicyclic) bond motifs is 1. The fourth-order valence-electron chi connectivity index (χ4n) is 5.23. The molecular weight excluding hydrogens is 604 g/mol. The highest BCUT2D eigenvalue weighted by Gasteiger charge is 2.18. The Kier molecular flexibility index (Phi) is 10.4. The first-order valence-corrected chi connectivity index (χ1v) is 14.7. The van der Waals surface area contributed by atoms with Crippen LogP contribution in [0, 0.1) is 0 Å². The number of amides is 2. The van der Waals surface area contributed by atoms with Crippen LogP contribution in [0.4, 0.5) is 10.5 Å². The van der Waals surface area contributed by atoms with Crippen molar-refractivity contribution in [3.8, 4) is 17.2 Å². The molecule has 0 aliphatic heterocycles. The molecule has 7 N–H and O–H groups in total. The lowest BCUT2D eigenvalue weighted by atomic mass is 9.99. The van der Waals surface area contributed by atoms with Gasteiger partial charge in [0.25, 0.3) is 5.91 Å². The third-order valence-electron chi connectivity index (χ3n) is 7.45. The summed E-state index contributed by atoms with van der Waals surface area (Å²) >= 11 is 0. The van der Waals surface area contributed by atoms with Gasteiger partial charge in [0.2, 0.25) is 5.56 Å². The van der Waals surface area contributed by atoms with Gasteiger partial charge < -0.3 is 45.7 Å². The smallest absolute Gasteiger partial charge is 0.405 e. The molecule has 0 fully saturated rings. The van der Waals surface area contributed by atoms with Crippen molar-refractivity contribution in [3.63, 3.8) is 0 Å². The van der Waals surface area contributed by atoms with Gasteiger partial charge in [-0.25, -0.2) is 4.79 Å². The summed E-state index contributed by atoms with van der Waals surface area (Å²) in [6.07, 6.45) is -2.09. The van der Waals surface area contributed by atoms with E-state index in [9.17, 15) is 29.7 Å². The van der Waals surface area contributed by atoms with E-state index in [1.54, 1.807) is 54.6 Å². The molecule has 1 unspecified atom stereocenters. The van der Waals surface area contributed by atoms with Gasteiger partial charge in [-0.15, -0.1) is 0 Å². The SMILES string of the molecule is COc1cc(NC(=O)COc2cccc(C(NC(=O)O)c3ccccc3)c2)ccc1CNC[C@@H](O)c1ccc(O)c2[nH]c(=O)ccc12. The number of ether oxygens (including phenoxy) is 2. The number of hydrogen-bond donors (Lipinski definition) is 7. The zero-order valence-corrected chi connectivity index (χ0v) is 25.4. The molecule has 5 rings (SSSR count). The number of phenols is 1. The fourth-order valence-corrected chi connectivity index (χ4v) is 5.23. The van der Waals surface area contributed by atoms with E-state index in [1.165, 1.54) is 19.2 Å². The quantitative estimate of drug-likeness (QED) is 0.0981. The third kappa shape index (κ3) is 8.25. The van der Waals surface area contributed by atoms with Gasteiger partial charge >= 0.3 is 6.09 Å². The Hall–Kier alpha value is -5.85. The summed E-state index contributed by atoms with van der Waals surface area (Å²) in [5, 5.41) is 39.3. The number of methoxy groups -OCH3 is 1. The molecule has 0 spiro atoms. The molecule has 2 atom stereocenters. The second-order valence-electron chi connectivity index (χ2n) is 10.7. The second-order valence-corrected chi connectivity index (χ2v) is 10.7. The van der Waals surface area contributed by atoms with Crippen molar-refractivity contribution in [2.45, 2.75) is 18.7 Å². The Balaban J connectivity index is 1.17. The van der Waals surface area contributed by atoms with Crippen LogP contribution >= 0.6 is 0 Å². The van der Waals surface area contributed by atoms with Crippen LogP contribution in [0.25, 0.3) is 10.9 Å². The first-order chi connectivity index (χ1) is 22.7. The van der Waals surface area contributed by atoms with Crippen LogP contribution in [0.3, 0.4) is 0 Å². The van der Waals surface area contributed by atoms with E-state index in [1.807, 2.05) is 30.3 Å². The number of phenolic OH excluding ortho intramolecular Hbond substituents is 1. The minimum absolute atomic E-state index is 0.0817. The van der Waals surface area contributed by atoms with Crippen LogP contribution in [0.5, 0.6) is 17.2 Å². The Morgan fingerprint density at radius 1 is 0.915 bits per heavy atom. The van der Waals surface area contributed by atoms with Gasteiger partial charge in [-0.1, -0.05) is 54.6 Å². The molecule has 1 aromatic heterocycles.